The molecule has 1 fully saturated rings. The molecule has 7 heteroatoms. The molecule has 3 aromatic carbocycles. The number of ether oxygens (including phenoxy) is 2. The SMILES string of the molecule is C=C(CC(=O)OC1CCCCCCC1)C(=O)OC(C)C(=NC(c1ccccc1)(c1ccccc1)c1ccccc1)NN. The van der Waals surface area contributed by atoms with Gasteiger partial charge in [-0.05, 0) is 49.3 Å². The van der Waals surface area contributed by atoms with Crippen molar-refractivity contribution in [1.29, 1.82) is 0 Å². The zero-order valence-electron chi connectivity index (χ0n) is 24.3. The molecule has 1 atom stereocenters. The number of carbonyl (C=O) groups is 2. The number of amidine groups is 1. The topological polar surface area (TPSA) is 103 Å². The Morgan fingerprint density at radius 1 is 0.857 bits per heavy atom. The second kappa shape index (κ2) is 15.1. The predicted octanol–water partition coefficient (Wildman–Crippen LogP) is 6.37. The molecular weight excluding hydrogens is 526 g/mol. The number of hydrogen-bond acceptors (Lipinski definition) is 6. The van der Waals surface area contributed by atoms with Crippen molar-refractivity contribution in [2.45, 2.75) is 76.0 Å². The first-order chi connectivity index (χ1) is 20.4. The molecule has 0 heterocycles. The van der Waals surface area contributed by atoms with E-state index in [1.807, 2.05) is 91.0 Å². The molecule has 0 aromatic heterocycles. The molecule has 3 aromatic rings. The fraction of sp³-hybridized carbons (Fsp3) is 0.343. The summed E-state index contributed by atoms with van der Waals surface area (Å²) in [4.78, 5) is 30.8. The molecule has 0 bridgehead atoms. The lowest BCUT2D eigenvalue weighted by molar-refractivity contribution is -0.151. The van der Waals surface area contributed by atoms with Crippen LogP contribution in [0.2, 0.25) is 0 Å². The summed E-state index contributed by atoms with van der Waals surface area (Å²) in [6.45, 7) is 5.49. The van der Waals surface area contributed by atoms with Gasteiger partial charge in [0.1, 0.15) is 11.6 Å². The highest BCUT2D eigenvalue weighted by Gasteiger charge is 2.37. The molecule has 7 nitrogen and oxygen atoms in total. The van der Waals surface area contributed by atoms with Gasteiger partial charge < -0.3 is 14.9 Å². The van der Waals surface area contributed by atoms with Crippen LogP contribution in [0.3, 0.4) is 0 Å². The molecule has 1 aliphatic carbocycles. The third kappa shape index (κ3) is 7.74. The summed E-state index contributed by atoms with van der Waals surface area (Å²) in [7, 11) is 0. The number of nitrogens with zero attached hydrogens (tertiary/aromatic N) is 1. The van der Waals surface area contributed by atoms with Gasteiger partial charge in [0, 0.05) is 5.57 Å². The Balaban J connectivity index is 1.57. The molecule has 0 radical (unpaired) electrons. The fourth-order valence-corrected chi connectivity index (χ4v) is 5.46. The summed E-state index contributed by atoms with van der Waals surface area (Å²) in [5, 5.41) is 0. The van der Waals surface area contributed by atoms with Crippen molar-refractivity contribution in [2.75, 3.05) is 0 Å². The van der Waals surface area contributed by atoms with Gasteiger partial charge in [-0.3, -0.25) is 4.79 Å². The summed E-state index contributed by atoms with van der Waals surface area (Å²) >= 11 is 0. The minimum absolute atomic E-state index is 0.0227. The number of esters is 2. The Bertz CT molecular complexity index is 1240. The van der Waals surface area contributed by atoms with Crippen molar-refractivity contribution in [1.82, 2.24) is 5.43 Å². The third-order valence-corrected chi connectivity index (χ3v) is 7.68. The van der Waals surface area contributed by atoms with Crippen molar-refractivity contribution < 1.29 is 19.1 Å². The van der Waals surface area contributed by atoms with Crippen LogP contribution in [-0.2, 0) is 24.6 Å². The van der Waals surface area contributed by atoms with Crippen molar-refractivity contribution in [3.63, 3.8) is 0 Å². The Hall–Kier alpha value is -4.23. The van der Waals surface area contributed by atoms with E-state index in [0.717, 1.165) is 55.2 Å². The Morgan fingerprint density at radius 3 is 1.76 bits per heavy atom. The van der Waals surface area contributed by atoms with Crippen LogP contribution in [0.1, 0.15) is 75.0 Å². The molecule has 4 rings (SSSR count). The van der Waals surface area contributed by atoms with Crippen LogP contribution in [0.15, 0.2) is 108 Å². The van der Waals surface area contributed by atoms with E-state index in [1.165, 1.54) is 6.42 Å². The Labute approximate surface area is 248 Å². The zero-order chi connectivity index (χ0) is 29.8. The zero-order valence-corrected chi connectivity index (χ0v) is 24.3. The predicted molar refractivity (Wildman–Crippen MR) is 165 cm³/mol. The molecular formula is C35H41N3O4. The fourth-order valence-electron chi connectivity index (χ4n) is 5.46. The van der Waals surface area contributed by atoms with E-state index in [0.29, 0.717) is 0 Å². The maximum absolute atomic E-state index is 13.0. The van der Waals surface area contributed by atoms with Crippen LogP contribution in [-0.4, -0.2) is 30.0 Å². The third-order valence-electron chi connectivity index (χ3n) is 7.68. The number of carbonyl (C=O) groups excluding carboxylic acids is 2. The van der Waals surface area contributed by atoms with Gasteiger partial charge in [0.15, 0.2) is 11.9 Å². The van der Waals surface area contributed by atoms with Crippen molar-refractivity contribution in [2.24, 2.45) is 10.8 Å². The van der Waals surface area contributed by atoms with Crippen molar-refractivity contribution in [3.8, 4) is 0 Å². The summed E-state index contributed by atoms with van der Waals surface area (Å²) < 4.78 is 11.4. The van der Waals surface area contributed by atoms with Crippen LogP contribution in [0.25, 0.3) is 0 Å². The number of nitrogens with one attached hydrogen (secondary N) is 1. The smallest absolute Gasteiger partial charge is 0.334 e. The molecule has 1 aliphatic rings. The van der Waals surface area contributed by atoms with E-state index >= 15 is 0 Å². The van der Waals surface area contributed by atoms with Crippen LogP contribution in [0.5, 0.6) is 0 Å². The highest BCUT2D eigenvalue weighted by atomic mass is 16.6. The summed E-state index contributed by atoms with van der Waals surface area (Å²) in [6, 6.07) is 29.7. The second-order valence-electron chi connectivity index (χ2n) is 10.7. The van der Waals surface area contributed by atoms with E-state index in [1.54, 1.807) is 6.92 Å². The lowest BCUT2D eigenvalue weighted by Crippen LogP contribution is -2.43. The summed E-state index contributed by atoms with van der Waals surface area (Å²) in [5.74, 6) is 5.10. The van der Waals surface area contributed by atoms with Gasteiger partial charge in [0.2, 0.25) is 0 Å². The number of benzene rings is 3. The Kier molecular flexibility index (Phi) is 11.1. The minimum Gasteiger partial charge on any atom is -0.462 e. The number of aliphatic imine (C=N–C) groups is 1. The van der Waals surface area contributed by atoms with Gasteiger partial charge in [-0.2, -0.15) is 0 Å². The molecule has 42 heavy (non-hydrogen) atoms. The molecule has 1 saturated carbocycles. The molecule has 3 N–H and O–H groups in total. The monoisotopic (exact) mass is 567 g/mol. The van der Waals surface area contributed by atoms with E-state index in [-0.39, 0.29) is 23.9 Å². The average molecular weight is 568 g/mol. The molecule has 1 unspecified atom stereocenters. The number of hydrogen-bond donors (Lipinski definition) is 2. The first-order valence-corrected chi connectivity index (χ1v) is 14.7. The maximum atomic E-state index is 13.0. The molecule has 0 amide bonds. The highest BCUT2D eigenvalue weighted by Crippen LogP contribution is 2.41. The summed E-state index contributed by atoms with van der Waals surface area (Å²) in [5.41, 5.74) is 4.43. The highest BCUT2D eigenvalue weighted by molar-refractivity contribution is 5.96. The lowest BCUT2D eigenvalue weighted by atomic mass is 9.77. The standard InChI is InChI=1S/C35H41N3O4/c1-26(25-32(39)42-31-23-15-4-3-5-16-24-31)34(40)41-27(2)33(38-36)37-35(28-17-9-6-10-18-28,29-19-11-7-12-20-29)30-21-13-8-14-22-30/h6-14,17-22,27,31H,1,3-5,15-16,23-25,36H2,2H3,(H,37,38). The van der Waals surface area contributed by atoms with E-state index in [2.05, 4.69) is 12.0 Å². The largest absolute Gasteiger partial charge is 0.462 e. The van der Waals surface area contributed by atoms with Gasteiger partial charge in [0.25, 0.3) is 0 Å². The van der Waals surface area contributed by atoms with Gasteiger partial charge in [-0.15, -0.1) is 0 Å². The van der Waals surface area contributed by atoms with Gasteiger partial charge in [-0.25, -0.2) is 15.6 Å². The van der Waals surface area contributed by atoms with Crippen LogP contribution >= 0.6 is 0 Å². The quantitative estimate of drug-likeness (QED) is 0.0561. The molecule has 0 spiro atoms. The van der Waals surface area contributed by atoms with Crippen LogP contribution in [0, 0.1) is 0 Å². The van der Waals surface area contributed by atoms with E-state index in [9.17, 15) is 9.59 Å². The lowest BCUT2D eigenvalue weighted by Gasteiger charge is -2.33. The number of rotatable bonds is 10. The average Bonchev–Trinajstić information content (AvgIpc) is 3.00. The van der Waals surface area contributed by atoms with Crippen LogP contribution in [0.4, 0.5) is 0 Å². The van der Waals surface area contributed by atoms with Gasteiger partial charge in [0.05, 0.1) is 6.42 Å². The second-order valence-corrected chi connectivity index (χ2v) is 10.7. The minimum atomic E-state index is -0.995. The Morgan fingerprint density at radius 2 is 1.31 bits per heavy atom. The van der Waals surface area contributed by atoms with Gasteiger partial charge in [-0.1, -0.05) is 117 Å². The van der Waals surface area contributed by atoms with E-state index < -0.39 is 23.6 Å². The number of hydrazine groups is 1. The van der Waals surface area contributed by atoms with E-state index in [4.69, 9.17) is 20.3 Å². The first-order valence-electron chi connectivity index (χ1n) is 14.7. The van der Waals surface area contributed by atoms with Crippen LogP contribution < -0.4 is 11.3 Å². The maximum Gasteiger partial charge on any atom is 0.334 e. The summed E-state index contributed by atoms with van der Waals surface area (Å²) in [6.07, 6.45) is 6.14. The first kappa shape index (κ1) is 30.7. The van der Waals surface area contributed by atoms with Crippen molar-refractivity contribution in [3.05, 3.63) is 120 Å². The normalized spacial score (nSPS) is 15.5. The molecule has 220 valence electrons. The molecule has 0 aliphatic heterocycles. The van der Waals surface area contributed by atoms with Crippen molar-refractivity contribution >= 4 is 17.8 Å². The number of nitrogens with two attached hydrogens (primary N) is 1. The van der Waals surface area contributed by atoms with Gasteiger partial charge >= 0.3 is 11.9 Å². The molecule has 0 saturated heterocycles.